The van der Waals surface area contributed by atoms with Gasteiger partial charge in [-0.3, -0.25) is 4.79 Å². The number of sulfonamides is 1. The second-order valence-corrected chi connectivity index (χ2v) is 8.64. The van der Waals surface area contributed by atoms with E-state index in [4.69, 9.17) is 4.74 Å². The Hall–Kier alpha value is -2.85. The van der Waals surface area contributed by atoms with Gasteiger partial charge in [0.25, 0.3) is 0 Å². The van der Waals surface area contributed by atoms with Crippen LogP contribution in [0.5, 0.6) is 5.75 Å². The van der Waals surface area contributed by atoms with E-state index in [1.165, 1.54) is 11.0 Å². The number of piperazine rings is 1. The first kappa shape index (κ1) is 22.8. The van der Waals surface area contributed by atoms with Crippen LogP contribution in [0.2, 0.25) is 0 Å². The van der Waals surface area contributed by atoms with E-state index >= 15 is 0 Å². The molecular formula is C21H21F3N2O4S. The van der Waals surface area contributed by atoms with Gasteiger partial charge in [0.1, 0.15) is 10.6 Å². The van der Waals surface area contributed by atoms with Crippen molar-refractivity contribution in [2.45, 2.75) is 11.8 Å². The molecule has 0 aromatic heterocycles. The maximum absolute atomic E-state index is 13.9. The first-order valence-corrected chi connectivity index (χ1v) is 11.0. The molecule has 2 aromatic rings. The minimum absolute atomic E-state index is 0.0803. The lowest BCUT2D eigenvalue weighted by Gasteiger charge is -2.33. The quantitative estimate of drug-likeness (QED) is 0.497. The number of carbonyl (C=O) groups excluding carboxylic acids is 1. The third kappa shape index (κ3) is 5.08. The van der Waals surface area contributed by atoms with Gasteiger partial charge in [0, 0.05) is 32.3 Å². The molecule has 10 heteroatoms. The van der Waals surface area contributed by atoms with Crippen molar-refractivity contribution in [2.24, 2.45) is 0 Å². The molecule has 2 aromatic carbocycles. The van der Waals surface area contributed by atoms with Crippen molar-refractivity contribution in [3.63, 3.8) is 0 Å². The molecule has 1 aliphatic rings. The number of benzene rings is 2. The zero-order chi connectivity index (χ0) is 22.6. The molecule has 0 saturated carbocycles. The average Bonchev–Trinajstić information content (AvgIpc) is 2.77. The molecule has 1 fully saturated rings. The number of ether oxygens (including phenoxy) is 1. The number of carbonyl (C=O) groups is 1. The van der Waals surface area contributed by atoms with E-state index in [1.54, 1.807) is 30.3 Å². The lowest BCUT2D eigenvalue weighted by Crippen LogP contribution is -2.50. The Morgan fingerprint density at radius 1 is 1.00 bits per heavy atom. The van der Waals surface area contributed by atoms with Crippen molar-refractivity contribution in [1.29, 1.82) is 0 Å². The van der Waals surface area contributed by atoms with Crippen molar-refractivity contribution >= 4 is 22.0 Å². The van der Waals surface area contributed by atoms with E-state index in [0.29, 0.717) is 18.7 Å². The summed E-state index contributed by atoms with van der Waals surface area (Å²) in [7, 11) is -4.36. The summed E-state index contributed by atoms with van der Waals surface area (Å²) >= 11 is 0. The van der Waals surface area contributed by atoms with Gasteiger partial charge in [0.05, 0.1) is 6.61 Å². The monoisotopic (exact) mass is 454 g/mol. The van der Waals surface area contributed by atoms with Gasteiger partial charge in [-0.05, 0) is 42.8 Å². The molecule has 1 heterocycles. The number of hydrogen-bond donors (Lipinski definition) is 0. The summed E-state index contributed by atoms with van der Waals surface area (Å²) in [6.45, 7) is 2.41. The Morgan fingerprint density at radius 3 is 2.26 bits per heavy atom. The highest BCUT2D eigenvalue weighted by atomic mass is 32.2. The van der Waals surface area contributed by atoms with Crippen LogP contribution < -0.4 is 4.74 Å². The molecule has 0 atom stereocenters. The van der Waals surface area contributed by atoms with Crippen LogP contribution in [0.3, 0.4) is 0 Å². The van der Waals surface area contributed by atoms with Gasteiger partial charge in [-0.15, -0.1) is 0 Å². The number of hydrogen-bond acceptors (Lipinski definition) is 4. The molecule has 0 bridgehead atoms. The highest BCUT2D eigenvalue weighted by Gasteiger charge is 2.33. The Morgan fingerprint density at radius 2 is 1.65 bits per heavy atom. The summed E-state index contributed by atoms with van der Waals surface area (Å²) in [5.41, 5.74) is 0.798. The molecule has 1 amide bonds. The Kier molecular flexibility index (Phi) is 7.01. The van der Waals surface area contributed by atoms with E-state index < -0.39 is 32.4 Å². The Labute approximate surface area is 178 Å². The van der Waals surface area contributed by atoms with Crippen LogP contribution >= 0.6 is 0 Å². The topological polar surface area (TPSA) is 66.9 Å². The number of rotatable bonds is 6. The van der Waals surface area contributed by atoms with Gasteiger partial charge in [0.15, 0.2) is 17.5 Å². The maximum Gasteiger partial charge on any atom is 0.246 e. The maximum atomic E-state index is 13.9. The molecule has 166 valence electrons. The van der Waals surface area contributed by atoms with Gasteiger partial charge in [-0.1, -0.05) is 12.1 Å². The predicted octanol–water partition coefficient (Wildman–Crippen LogP) is 3.05. The summed E-state index contributed by atoms with van der Waals surface area (Å²) in [5, 5.41) is 0. The van der Waals surface area contributed by atoms with E-state index in [1.807, 2.05) is 6.92 Å². The van der Waals surface area contributed by atoms with Crippen LogP contribution in [0.25, 0.3) is 6.08 Å². The van der Waals surface area contributed by atoms with Crippen molar-refractivity contribution in [3.8, 4) is 5.75 Å². The van der Waals surface area contributed by atoms with Gasteiger partial charge < -0.3 is 9.64 Å². The minimum Gasteiger partial charge on any atom is -0.494 e. The summed E-state index contributed by atoms with van der Waals surface area (Å²) < 4.78 is 72.0. The standard InChI is InChI=1S/C21H21F3N2O4S/c1-2-30-16-6-3-15(4-7-16)5-10-19(27)25-11-13-26(14-12-25)31(28,29)18-9-8-17(22)20(23)21(18)24/h3-10H,2,11-14H2,1H3/b10-5+. The average molecular weight is 454 g/mol. The fourth-order valence-electron chi connectivity index (χ4n) is 3.11. The Bertz CT molecular complexity index is 1080. The summed E-state index contributed by atoms with van der Waals surface area (Å²) in [4.78, 5) is 12.9. The molecule has 0 aliphatic carbocycles. The van der Waals surface area contributed by atoms with Crippen molar-refractivity contribution < 1.29 is 31.1 Å². The SMILES string of the molecule is CCOc1ccc(/C=C/C(=O)N2CCN(S(=O)(=O)c3ccc(F)c(F)c3F)CC2)cc1. The van der Waals surface area contributed by atoms with Gasteiger partial charge in [-0.2, -0.15) is 4.31 Å². The zero-order valence-corrected chi connectivity index (χ0v) is 17.5. The fourth-order valence-corrected chi connectivity index (χ4v) is 4.59. The minimum atomic E-state index is -4.36. The number of halogens is 3. The van der Waals surface area contributed by atoms with E-state index in [0.717, 1.165) is 15.6 Å². The summed E-state index contributed by atoms with van der Waals surface area (Å²) in [6.07, 6.45) is 3.02. The predicted molar refractivity (Wildman–Crippen MR) is 108 cm³/mol. The van der Waals surface area contributed by atoms with Crippen LogP contribution in [0.15, 0.2) is 47.4 Å². The van der Waals surface area contributed by atoms with Crippen molar-refractivity contribution in [1.82, 2.24) is 9.21 Å². The van der Waals surface area contributed by atoms with Crippen LogP contribution in [-0.4, -0.2) is 56.3 Å². The largest absolute Gasteiger partial charge is 0.494 e. The molecule has 1 aliphatic heterocycles. The molecule has 0 N–H and O–H groups in total. The summed E-state index contributed by atoms with van der Waals surface area (Å²) in [5.74, 6) is -4.64. The highest BCUT2D eigenvalue weighted by molar-refractivity contribution is 7.89. The lowest BCUT2D eigenvalue weighted by atomic mass is 10.2. The first-order valence-electron chi connectivity index (χ1n) is 9.57. The second-order valence-electron chi connectivity index (χ2n) is 6.74. The molecule has 6 nitrogen and oxygen atoms in total. The van der Waals surface area contributed by atoms with Crippen molar-refractivity contribution in [2.75, 3.05) is 32.8 Å². The third-order valence-electron chi connectivity index (χ3n) is 4.78. The third-order valence-corrected chi connectivity index (χ3v) is 6.69. The Balaban J connectivity index is 1.62. The lowest BCUT2D eigenvalue weighted by molar-refractivity contribution is -0.127. The molecular weight excluding hydrogens is 433 g/mol. The van der Waals surface area contributed by atoms with Crippen LogP contribution in [0.1, 0.15) is 12.5 Å². The molecule has 0 unspecified atom stereocenters. The first-order chi connectivity index (χ1) is 14.7. The number of nitrogens with zero attached hydrogens (tertiary/aromatic N) is 2. The second kappa shape index (κ2) is 9.52. The van der Waals surface area contributed by atoms with Gasteiger partial charge in [-0.25, -0.2) is 21.6 Å². The number of amides is 1. The van der Waals surface area contributed by atoms with Gasteiger partial charge in [0.2, 0.25) is 15.9 Å². The van der Waals surface area contributed by atoms with Crippen molar-refractivity contribution in [3.05, 3.63) is 65.5 Å². The van der Waals surface area contributed by atoms with E-state index in [-0.39, 0.29) is 32.1 Å². The van der Waals surface area contributed by atoms with Crippen LogP contribution in [0, 0.1) is 17.5 Å². The van der Waals surface area contributed by atoms with Crippen LogP contribution in [0.4, 0.5) is 13.2 Å². The smallest absolute Gasteiger partial charge is 0.246 e. The normalized spacial score (nSPS) is 15.4. The molecule has 3 rings (SSSR count). The molecule has 0 radical (unpaired) electrons. The van der Waals surface area contributed by atoms with Crippen LogP contribution in [-0.2, 0) is 14.8 Å². The molecule has 31 heavy (non-hydrogen) atoms. The zero-order valence-electron chi connectivity index (χ0n) is 16.7. The summed E-state index contributed by atoms with van der Waals surface area (Å²) in [6, 6.07) is 8.44. The highest BCUT2D eigenvalue weighted by Crippen LogP contribution is 2.24. The van der Waals surface area contributed by atoms with E-state index in [9.17, 15) is 26.4 Å². The van der Waals surface area contributed by atoms with Gasteiger partial charge >= 0.3 is 0 Å². The van der Waals surface area contributed by atoms with E-state index in [2.05, 4.69) is 0 Å². The fraction of sp³-hybridized carbons (Fsp3) is 0.286. The molecule has 0 spiro atoms. The molecule has 1 saturated heterocycles.